The monoisotopic (exact) mass is 269 g/mol. The molecule has 0 bridgehead atoms. The molecule has 2 rings (SSSR count). The number of rotatable bonds is 7. The van der Waals surface area contributed by atoms with Gasteiger partial charge in [0.15, 0.2) is 0 Å². The van der Waals surface area contributed by atoms with E-state index in [1.165, 1.54) is 16.3 Å². The zero-order valence-electron chi connectivity index (χ0n) is 11.2. The summed E-state index contributed by atoms with van der Waals surface area (Å²) in [5.74, 6) is 0. The van der Waals surface area contributed by atoms with Crippen LogP contribution in [0.4, 0.5) is 0 Å². The topological polar surface area (TPSA) is 37.4 Å². The third-order valence-corrected chi connectivity index (χ3v) is 4.31. The van der Waals surface area contributed by atoms with Gasteiger partial charge in [-0.2, -0.15) is 0 Å². The minimum absolute atomic E-state index is 0.882. The van der Waals surface area contributed by atoms with Gasteiger partial charge in [0.1, 0.15) is 0 Å². The zero-order valence-corrected chi connectivity index (χ0v) is 12.0. The molecule has 1 aliphatic heterocycles. The molecule has 0 radical (unpaired) electrons. The van der Waals surface area contributed by atoms with Crippen LogP contribution in [-0.4, -0.2) is 56.3 Å². The van der Waals surface area contributed by atoms with Crippen LogP contribution in [0.2, 0.25) is 0 Å². The molecule has 0 aliphatic carbocycles. The van der Waals surface area contributed by atoms with E-state index in [9.17, 15) is 0 Å². The van der Waals surface area contributed by atoms with Crippen molar-refractivity contribution in [1.82, 2.24) is 15.2 Å². The van der Waals surface area contributed by atoms with E-state index in [-0.39, 0.29) is 0 Å². The molecule has 2 heterocycles. The van der Waals surface area contributed by atoms with Crippen molar-refractivity contribution in [3.05, 3.63) is 16.1 Å². The van der Waals surface area contributed by atoms with Crippen molar-refractivity contribution in [2.75, 3.05) is 46.4 Å². The highest BCUT2D eigenvalue weighted by Gasteiger charge is 2.11. The van der Waals surface area contributed by atoms with Crippen molar-refractivity contribution in [1.29, 1.82) is 0 Å². The predicted molar refractivity (Wildman–Crippen MR) is 75.3 cm³/mol. The lowest BCUT2D eigenvalue weighted by molar-refractivity contribution is 0.0384. The molecule has 1 aromatic heterocycles. The third kappa shape index (κ3) is 4.65. The van der Waals surface area contributed by atoms with Gasteiger partial charge in [-0.15, -0.1) is 11.3 Å². The average Bonchev–Trinajstić information content (AvgIpc) is 2.86. The Kier molecular flexibility index (Phi) is 6.07. The van der Waals surface area contributed by atoms with E-state index in [0.29, 0.717) is 0 Å². The summed E-state index contributed by atoms with van der Waals surface area (Å²) in [7, 11) is 2.00. The van der Waals surface area contributed by atoms with Gasteiger partial charge in [-0.3, -0.25) is 4.90 Å². The molecule has 1 aliphatic rings. The summed E-state index contributed by atoms with van der Waals surface area (Å²) in [5, 5.41) is 4.46. The Morgan fingerprint density at radius 2 is 2.22 bits per heavy atom. The molecule has 0 saturated carbocycles. The van der Waals surface area contributed by atoms with Crippen molar-refractivity contribution >= 4 is 11.3 Å². The van der Waals surface area contributed by atoms with Gasteiger partial charge in [0.05, 0.1) is 18.2 Å². The summed E-state index contributed by atoms with van der Waals surface area (Å²) in [6.07, 6.45) is 5.48. The Balaban J connectivity index is 1.69. The second-order valence-electron chi connectivity index (χ2n) is 4.63. The molecular weight excluding hydrogens is 246 g/mol. The summed E-state index contributed by atoms with van der Waals surface area (Å²) >= 11 is 1.88. The lowest BCUT2D eigenvalue weighted by Gasteiger charge is -2.25. The van der Waals surface area contributed by atoms with Crippen LogP contribution in [0.25, 0.3) is 0 Å². The zero-order chi connectivity index (χ0) is 12.6. The van der Waals surface area contributed by atoms with Gasteiger partial charge >= 0.3 is 0 Å². The Morgan fingerprint density at radius 1 is 1.39 bits per heavy atom. The number of morpholine rings is 1. The van der Waals surface area contributed by atoms with Crippen molar-refractivity contribution in [2.45, 2.75) is 19.3 Å². The smallest absolute Gasteiger partial charge is 0.0940 e. The van der Waals surface area contributed by atoms with Crippen molar-refractivity contribution in [3.63, 3.8) is 0 Å². The highest BCUT2D eigenvalue weighted by molar-refractivity contribution is 7.11. The minimum atomic E-state index is 0.882. The molecule has 0 spiro atoms. The van der Waals surface area contributed by atoms with Gasteiger partial charge in [0.2, 0.25) is 0 Å². The molecule has 1 N–H and O–H groups in total. The van der Waals surface area contributed by atoms with Crippen molar-refractivity contribution in [3.8, 4) is 0 Å². The van der Waals surface area contributed by atoms with Gasteiger partial charge in [-0.25, -0.2) is 4.98 Å². The van der Waals surface area contributed by atoms with Gasteiger partial charge in [0.25, 0.3) is 0 Å². The molecule has 102 valence electrons. The molecule has 4 nitrogen and oxygen atoms in total. The number of hydrogen-bond donors (Lipinski definition) is 1. The van der Waals surface area contributed by atoms with Crippen molar-refractivity contribution in [2.24, 2.45) is 0 Å². The first kappa shape index (κ1) is 13.9. The van der Waals surface area contributed by atoms with Crippen LogP contribution in [0.3, 0.4) is 0 Å². The quantitative estimate of drug-likeness (QED) is 0.754. The molecule has 18 heavy (non-hydrogen) atoms. The lowest BCUT2D eigenvalue weighted by atomic mass is 10.3. The maximum absolute atomic E-state index is 5.35. The van der Waals surface area contributed by atoms with Gasteiger partial charge in [-0.05, 0) is 26.4 Å². The van der Waals surface area contributed by atoms with E-state index in [1.54, 1.807) is 0 Å². The highest BCUT2D eigenvalue weighted by atomic mass is 32.1. The first-order valence-corrected chi connectivity index (χ1v) is 7.58. The first-order valence-electron chi connectivity index (χ1n) is 6.77. The number of nitrogens with zero attached hydrogens (tertiary/aromatic N) is 2. The van der Waals surface area contributed by atoms with Crippen LogP contribution in [0.15, 0.2) is 6.20 Å². The van der Waals surface area contributed by atoms with E-state index in [1.807, 2.05) is 18.4 Å². The van der Waals surface area contributed by atoms with Gasteiger partial charge in [-0.1, -0.05) is 0 Å². The van der Waals surface area contributed by atoms with E-state index >= 15 is 0 Å². The van der Waals surface area contributed by atoms with Crippen molar-refractivity contribution < 1.29 is 4.74 Å². The summed E-state index contributed by atoms with van der Waals surface area (Å²) < 4.78 is 5.35. The van der Waals surface area contributed by atoms with Crippen LogP contribution >= 0.6 is 11.3 Å². The maximum Gasteiger partial charge on any atom is 0.0940 e. The Morgan fingerprint density at radius 3 is 3.00 bits per heavy atom. The Labute approximate surface area is 113 Å². The molecule has 5 heteroatoms. The number of thiazole rings is 1. The fourth-order valence-electron chi connectivity index (χ4n) is 2.10. The van der Waals surface area contributed by atoms with Gasteiger partial charge < -0.3 is 10.1 Å². The SMILES string of the molecule is CNCCCc1cnc(CCN2CCOCC2)s1. The van der Waals surface area contributed by atoms with E-state index in [4.69, 9.17) is 4.74 Å². The van der Waals surface area contributed by atoms with E-state index in [0.717, 1.165) is 52.2 Å². The average molecular weight is 269 g/mol. The Hall–Kier alpha value is -0.490. The summed E-state index contributed by atoms with van der Waals surface area (Å²) in [4.78, 5) is 8.40. The number of ether oxygens (including phenoxy) is 1. The fourth-order valence-corrected chi connectivity index (χ4v) is 3.05. The van der Waals surface area contributed by atoms with Crippen LogP contribution in [0.1, 0.15) is 16.3 Å². The molecule has 0 amide bonds. The van der Waals surface area contributed by atoms with Crippen LogP contribution in [0.5, 0.6) is 0 Å². The Bertz CT molecular complexity index is 337. The number of aryl methyl sites for hydroxylation is 1. The van der Waals surface area contributed by atoms with Gasteiger partial charge in [0, 0.05) is 37.1 Å². The second kappa shape index (κ2) is 7.84. The number of aromatic nitrogens is 1. The summed E-state index contributed by atoms with van der Waals surface area (Å²) in [6.45, 7) is 6.11. The van der Waals surface area contributed by atoms with Crippen LogP contribution in [-0.2, 0) is 17.6 Å². The molecule has 1 fully saturated rings. The number of nitrogens with one attached hydrogen (secondary N) is 1. The van der Waals surface area contributed by atoms with E-state index in [2.05, 4.69) is 21.4 Å². The second-order valence-corrected chi connectivity index (χ2v) is 5.83. The molecule has 0 unspecified atom stereocenters. The highest BCUT2D eigenvalue weighted by Crippen LogP contribution is 2.15. The molecular formula is C13H23N3OS. The largest absolute Gasteiger partial charge is 0.379 e. The maximum atomic E-state index is 5.35. The minimum Gasteiger partial charge on any atom is -0.379 e. The third-order valence-electron chi connectivity index (χ3n) is 3.20. The standard InChI is InChI=1S/C13H23N3OS/c1-14-5-2-3-12-11-15-13(18-12)4-6-16-7-9-17-10-8-16/h11,14H,2-10H2,1H3. The predicted octanol–water partition coefficient (Wildman–Crippen LogP) is 1.17. The molecule has 0 atom stereocenters. The molecule has 1 aromatic rings. The summed E-state index contributed by atoms with van der Waals surface area (Å²) in [6, 6.07) is 0. The normalized spacial score (nSPS) is 17.2. The fraction of sp³-hybridized carbons (Fsp3) is 0.769. The molecule has 0 aromatic carbocycles. The summed E-state index contributed by atoms with van der Waals surface area (Å²) in [5.41, 5.74) is 0. The van der Waals surface area contributed by atoms with E-state index < -0.39 is 0 Å². The lowest BCUT2D eigenvalue weighted by Crippen LogP contribution is -2.37. The van der Waals surface area contributed by atoms with Crippen LogP contribution in [0, 0.1) is 0 Å². The molecule has 1 saturated heterocycles. The number of hydrogen-bond acceptors (Lipinski definition) is 5. The van der Waals surface area contributed by atoms with Crippen LogP contribution < -0.4 is 5.32 Å². The first-order chi connectivity index (χ1) is 8.88.